The van der Waals surface area contributed by atoms with Crippen molar-refractivity contribution < 1.29 is 19.1 Å². The Labute approximate surface area is 227 Å². The molecule has 4 atom stereocenters. The lowest BCUT2D eigenvalue weighted by atomic mass is 9.57. The molecule has 3 aromatic rings. The number of carbonyl (C=O) groups excluding carboxylic acids is 3. The van der Waals surface area contributed by atoms with Crippen molar-refractivity contribution in [3.8, 4) is 5.75 Å². The molecule has 7 heteroatoms. The highest BCUT2D eigenvalue weighted by molar-refractivity contribution is 6.21. The molecule has 0 aromatic heterocycles. The number of ether oxygens (including phenoxy) is 1. The number of hydrogen-bond acceptors (Lipinski definition) is 5. The highest BCUT2D eigenvalue weighted by Gasteiger charge is 2.81. The minimum Gasteiger partial charge on any atom is -0.491 e. The van der Waals surface area contributed by atoms with Gasteiger partial charge in [0, 0.05) is 28.5 Å². The summed E-state index contributed by atoms with van der Waals surface area (Å²) in [4.78, 5) is 45.8. The standard InChI is InChI=1S/C32H31N3O4/c1-18(2)39-21-15-13-20(14-16-21)28(36)26-25-12-7-17-35(25)32(23-10-6-8-19(3)27(23)34-30(32)38)31(26)22-9-4-5-11-24(22)33-29(31)37/h4-6,8-11,13-16,18,25-26H,7,12,17H2,1-3H3,(H,33,37)(H,34,38)/t25-,26+,31+,32+/m1/s1. The van der Waals surface area contributed by atoms with E-state index in [0.717, 1.165) is 29.7 Å². The number of rotatable bonds is 4. The van der Waals surface area contributed by atoms with Crippen molar-refractivity contribution in [3.05, 3.63) is 89.0 Å². The van der Waals surface area contributed by atoms with Crippen LogP contribution in [0.5, 0.6) is 5.75 Å². The third-order valence-corrected chi connectivity index (χ3v) is 9.13. The first kappa shape index (κ1) is 24.1. The molecule has 2 spiro atoms. The van der Waals surface area contributed by atoms with E-state index in [-0.39, 0.29) is 29.7 Å². The second-order valence-corrected chi connectivity index (χ2v) is 11.4. The van der Waals surface area contributed by atoms with Gasteiger partial charge < -0.3 is 15.4 Å². The molecule has 2 N–H and O–H groups in total. The van der Waals surface area contributed by atoms with E-state index in [9.17, 15) is 14.4 Å². The van der Waals surface area contributed by atoms with Gasteiger partial charge >= 0.3 is 0 Å². The average Bonchev–Trinajstić information content (AvgIpc) is 3.63. The molecule has 7 nitrogen and oxygen atoms in total. The fourth-order valence-electron chi connectivity index (χ4n) is 7.90. The van der Waals surface area contributed by atoms with Gasteiger partial charge in [-0.3, -0.25) is 19.3 Å². The maximum absolute atomic E-state index is 14.7. The Kier molecular flexibility index (Phi) is 5.11. The van der Waals surface area contributed by atoms with Gasteiger partial charge in [-0.1, -0.05) is 36.4 Å². The molecule has 0 bridgehead atoms. The Morgan fingerprint density at radius 3 is 2.46 bits per heavy atom. The zero-order valence-corrected chi connectivity index (χ0v) is 22.3. The normalized spacial score (nSPS) is 28.5. The van der Waals surface area contributed by atoms with E-state index in [1.165, 1.54) is 0 Å². The van der Waals surface area contributed by atoms with Gasteiger partial charge in [0.15, 0.2) is 5.78 Å². The quantitative estimate of drug-likeness (QED) is 0.482. The first-order valence-electron chi connectivity index (χ1n) is 13.7. The van der Waals surface area contributed by atoms with Crippen molar-refractivity contribution in [1.29, 1.82) is 0 Å². The zero-order valence-electron chi connectivity index (χ0n) is 22.3. The Balaban J connectivity index is 1.50. The Morgan fingerprint density at radius 2 is 1.69 bits per heavy atom. The van der Waals surface area contributed by atoms with Crippen LogP contribution in [0.15, 0.2) is 66.7 Å². The highest BCUT2D eigenvalue weighted by Crippen LogP contribution is 2.68. The molecule has 198 valence electrons. The fourth-order valence-corrected chi connectivity index (χ4v) is 7.90. The van der Waals surface area contributed by atoms with Gasteiger partial charge in [-0.2, -0.15) is 0 Å². The summed E-state index contributed by atoms with van der Waals surface area (Å²) in [6, 6.07) is 20.3. The van der Waals surface area contributed by atoms with Crippen molar-refractivity contribution in [3.63, 3.8) is 0 Å². The summed E-state index contributed by atoms with van der Waals surface area (Å²) in [5.74, 6) is -0.717. The molecule has 7 rings (SSSR count). The summed E-state index contributed by atoms with van der Waals surface area (Å²) >= 11 is 0. The molecule has 4 heterocycles. The van der Waals surface area contributed by atoms with E-state index < -0.39 is 16.9 Å². The van der Waals surface area contributed by atoms with Crippen LogP contribution in [0.1, 0.15) is 53.7 Å². The summed E-state index contributed by atoms with van der Waals surface area (Å²) in [5.41, 5.74) is 1.58. The van der Waals surface area contributed by atoms with Gasteiger partial charge in [0.1, 0.15) is 16.7 Å². The van der Waals surface area contributed by atoms with Crippen LogP contribution in [0.3, 0.4) is 0 Å². The summed E-state index contributed by atoms with van der Waals surface area (Å²) in [6.07, 6.45) is 1.60. The number of amides is 2. The zero-order chi connectivity index (χ0) is 27.1. The molecule has 2 fully saturated rings. The molecule has 0 saturated carbocycles. The van der Waals surface area contributed by atoms with Crippen molar-refractivity contribution in [2.24, 2.45) is 5.92 Å². The minimum absolute atomic E-state index is 0.0136. The largest absolute Gasteiger partial charge is 0.491 e. The monoisotopic (exact) mass is 521 g/mol. The minimum atomic E-state index is -1.43. The summed E-state index contributed by atoms with van der Waals surface area (Å²) < 4.78 is 5.80. The number of hydrogen-bond donors (Lipinski definition) is 2. The maximum atomic E-state index is 14.7. The fraction of sp³-hybridized carbons (Fsp3) is 0.344. The molecule has 2 saturated heterocycles. The van der Waals surface area contributed by atoms with Crippen molar-refractivity contribution in [2.45, 2.75) is 56.7 Å². The number of aryl methyl sites for hydroxylation is 1. The molecule has 39 heavy (non-hydrogen) atoms. The van der Waals surface area contributed by atoms with Crippen LogP contribution in [-0.4, -0.2) is 41.2 Å². The molecule has 0 unspecified atom stereocenters. The van der Waals surface area contributed by atoms with E-state index in [1.807, 2.05) is 63.2 Å². The van der Waals surface area contributed by atoms with E-state index in [4.69, 9.17) is 4.74 Å². The Hall–Kier alpha value is -3.97. The SMILES string of the molecule is Cc1cccc2c1NC(=O)[C@@]21N2CCC[C@@H]2[C@@H](C(=O)c2ccc(OC(C)C)cc2)[C@@]12C(=O)Nc1ccccc12. The topological polar surface area (TPSA) is 87.7 Å². The molecule has 0 aliphatic carbocycles. The van der Waals surface area contributed by atoms with Gasteiger partial charge in [-0.25, -0.2) is 0 Å². The van der Waals surface area contributed by atoms with E-state index in [2.05, 4.69) is 15.5 Å². The Bertz CT molecular complexity index is 1550. The van der Waals surface area contributed by atoms with Gasteiger partial charge in [0.2, 0.25) is 5.91 Å². The number of benzene rings is 3. The van der Waals surface area contributed by atoms with E-state index >= 15 is 0 Å². The van der Waals surface area contributed by atoms with Crippen LogP contribution >= 0.6 is 0 Å². The molecule has 0 radical (unpaired) electrons. The molecular weight excluding hydrogens is 490 g/mol. The average molecular weight is 522 g/mol. The maximum Gasteiger partial charge on any atom is 0.251 e. The van der Waals surface area contributed by atoms with E-state index in [0.29, 0.717) is 29.1 Å². The lowest BCUT2D eigenvalue weighted by Crippen LogP contribution is -2.62. The number of fused-ring (bicyclic) bond motifs is 7. The number of Topliss-reactive ketones (excluding diaryl/α,β-unsaturated/α-hetero) is 1. The van der Waals surface area contributed by atoms with Crippen LogP contribution < -0.4 is 15.4 Å². The summed E-state index contributed by atoms with van der Waals surface area (Å²) in [5, 5.41) is 6.24. The predicted octanol–water partition coefficient (Wildman–Crippen LogP) is 4.80. The van der Waals surface area contributed by atoms with Gasteiger partial charge in [0.05, 0.1) is 12.0 Å². The first-order valence-corrected chi connectivity index (χ1v) is 13.7. The number of ketones is 1. The molecule has 2 amide bonds. The van der Waals surface area contributed by atoms with Gasteiger partial charge in [-0.05, 0) is 81.6 Å². The number of nitrogens with zero attached hydrogens (tertiary/aromatic N) is 1. The smallest absolute Gasteiger partial charge is 0.251 e. The lowest BCUT2D eigenvalue weighted by molar-refractivity contribution is -0.137. The summed E-state index contributed by atoms with van der Waals surface area (Å²) in [7, 11) is 0. The second kappa shape index (κ2) is 8.26. The third-order valence-electron chi connectivity index (χ3n) is 9.13. The van der Waals surface area contributed by atoms with Crippen LogP contribution in [0.2, 0.25) is 0 Å². The van der Waals surface area contributed by atoms with Crippen LogP contribution in [0.25, 0.3) is 0 Å². The number of carbonyl (C=O) groups is 3. The number of para-hydroxylation sites is 2. The molecule has 4 aliphatic heterocycles. The molecule has 3 aromatic carbocycles. The molecule has 4 aliphatic rings. The van der Waals surface area contributed by atoms with Crippen molar-refractivity contribution in [2.75, 3.05) is 17.2 Å². The van der Waals surface area contributed by atoms with Crippen molar-refractivity contribution in [1.82, 2.24) is 4.90 Å². The van der Waals surface area contributed by atoms with Crippen LogP contribution in [0, 0.1) is 12.8 Å². The summed E-state index contributed by atoms with van der Waals surface area (Å²) in [6.45, 7) is 6.51. The first-order chi connectivity index (χ1) is 18.8. The van der Waals surface area contributed by atoms with E-state index in [1.54, 1.807) is 24.3 Å². The number of nitrogens with one attached hydrogen (secondary N) is 2. The van der Waals surface area contributed by atoms with Crippen LogP contribution in [-0.2, 0) is 20.5 Å². The molecular formula is C32H31N3O4. The lowest BCUT2D eigenvalue weighted by Gasteiger charge is -2.43. The highest BCUT2D eigenvalue weighted by atomic mass is 16.5. The van der Waals surface area contributed by atoms with Gasteiger partial charge in [0.25, 0.3) is 5.91 Å². The third kappa shape index (κ3) is 2.88. The second-order valence-electron chi connectivity index (χ2n) is 11.4. The van der Waals surface area contributed by atoms with Crippen LogP contribution in [0.4, 0.5) is 11.4 Å². The van der Waals surface area contributed by atoms with Gasteiger partial charge in [-0.15, -0.1) is 0 Å². The predicted molar refractivity (Wildman–Crippen MR) is 148 cm³/mol. The number of anilines is 2. The Morgan fingerprint density at radius 1 is 0.949 bits per heavy atom. The van der Waals surface area contributed by atoms with Crippen molar-refractivity contribution >= 4 is 29.0 Å².